The van der Waals surface area contributed by atoms with Gasteiger partial charge in [-0.1, -0.05) is 133 Å². The number of para-hydroxylation sites is 1. The van der Waals surface area contributed by atoms with Gasteiger partial charge < -0.3 is 4.42 Å². The van der Waals surface area contributed by atoms with Crippen LogP contribution in [0.4, 0.5) is 0 Å². The predicted molar refractivity (Wildman–Crippen MR) is 213 cm³/mol. The quantitative estimate of drug-likeness (QED) is 0.191. The summed E-state index contributed by atoms with van der Waals surface area (Å²) in [6.07, 6.45) is 1.86. The van der Waals surface area contributed by atoms with Gasteiger partial charge in [0.05, 0.1) is 16.5 Å². The molecule has 3 heterocycles. The molecule has 11 rings (SSSR count). The van der Waals surface area contributed by atoms with E-state index in [4.69, 9.17) is 14.4 Å². The Balaban J connectivity index is 1.11. The second-order valence-corrected chi connectivity index (χ2v) is 13.7. The molecule has 3 N–H and O–H groups in total. The number of hydrogen-bond donors (Lipinski definition) is 2. The van der Waals surface area contributed by atoms with E-state index < -0.39 is 0 Å². The number of fused-ring (bicyclic) bond motifs is 6. The molecule has 2 aliphatic rings. The minimum atomic E-state index is -0.111. The lowest BCUT2D eigenvalue weighted by Crippen LogP contribution is -3.05. The number of rotatable bonds is 5. The van der Waals surface area contributed by atoms with Gasteiger partial charge in [0, 0.05) is 22.1 Å². The van der Waals surface area contributed by atoms with Crippen LogP contribution in [0.5, 0.6) is 0 Å². The molecule has 0 saturated carbocycles. The largest absolute Gasteiger partial charge is 0.455 e. The summed E-state index contributed by atoms with van der Waals surface area (Å²) in [7, 11) is 0. The molecule has 1 aliphatic heterocycles. The number of nitrogens with one attached hydrogen (secondary N) is 1. The maximum atomic E-state index is 6.80. The second-order valence-electron chi connectivity index (χ2n) is 13.7. The van der Waals surface area contributed by atoms with E-state index in [1.165, 1.54) is 44.2 Å². The normalized spacial score (nSPS) is 14.8. The minimum absolute atomic E-state index is 0.111. The number of furan rings is 1. The highest BCUT2D eigenvalue weighted by molar-refractivity contribution is 6.23. The molecule has 53 heavy (non-hydrogen) atoms. The first-order valence-electron chi connectivity index (χ1n) is 18.0. The molecule has 0 bridgehead atoms. The van der Waals surface area contributed by atoms with Gasteiger partial charge >= 0.3 is 11.7 Å². The van der Waals surface area contributed by atoms with E-state index in [1.807, 2.05) is 24.4 Å². The first kappa shape index (κ1) is 29.7. The summed E-state index contributed by atoms with van der Waals surface area (Å²) in [5, 5.41) is 6.63. The van der Waals surface area contributed by atoms with Crippen LogP contribution in [0, 0.1) is 0 Å². The molecule has 1 atom stereocenters. The van der Waals surface area contributed by atoms with Gasteiger partial charge in [0.1, 0.15) is 11.2 Å². The number of aliphatic imine (C=N–C) groups is 1. The average molecular weight is 681 g/mol. The number of aromatic nitrogens is 1. The van der Waals surface area contributed by atoms with Gasteiger partial charge in [-0.05, 0) is 80.0 Å². The zero-order chi connectivity index (χ0) is 34.9. The SMILES string of the molecule is c1ccc(-c2ccc(C3=NC(c4ncc(-c5ccc6c7c(cccc57)-c5ccccc5-6)c5oc6ccccc6c45)=[NH+]C(c4ccccc4)[NH2+]3)cc2)cc1. The second kappa shape index (κ2) is 11.8. The lowest BCUT2D eigenvalue weighted by Gasteiger charge is -2.14. The molecule has 1 aliphatic carbocycles. The van der Waals surface area contributed by atoms with Crippen molar-refractivity contribution < 1.29 is 14.7 Å². The summed E-state index contributed by atoms with van der Waals surface area (Å²) in [5.41, 5.74) is 14.1. The fourth-order valence-corrected chi connectivity index (χ4v) is 8.26. The predicted octanol–water partition coefficient (Wildman–Crippen LogP) is 8.67. The molecule has 5 heteroatoms. The first-order chi connectivity index (χ1) is 26.3. The molecule has 0 amide bonds. The summed E-state index contributed by atoms with van der Waals surface area (Å²) >= 11 is 0. The Morgan fingerprint density at radius 1 is 0.491 bits per heavy atom. The maximum Gasteiger partial charge on any atom is 0.354 e. The third-order valence-electron chi connectivity index (χ3n) is 10.8. The highest BCUT2D eigenvalue weighted by Gasteiger charge is 2.35. The summed E-state index contributed by atoms with van der Waals surface area (Å²) in [6, 6.07) is 57.7. The van der Waals surface area contributed by atoms with Gasteiger partial charge in [-0.3, -0.25) is 0 Å². The molecular weight excluding hydrogens is 649 g/mol. The van der Waals surface area contributed by atoms with Crippen molar-refractivity contribution in [2.45, 2.75) is 6.17 Å². The van der Waals surface area contributed by atoms with Crippen LogP contribution in [0.1, 0.15) is 23.0 Å². The van der Waals surface area contributed by atoms with Crippen molar-refractivity contribution in [1.82, 2.24) is 4.98 Å². The molecule has 0 radical (unpaired) electrons. The smallest absolute Gasteiger partial charge is 0.354 e. The van der Waals surface area contributed by atoms with Crippen LogP contribution in [0.2, 0.25) is 0 Å². The molecule has 1 unspecified atom stereocenters. The van der Waals surface area contributed by atoms with Crippen LogP contribution in [-0.2, 0) is 0 Å². The van der Waals surface area contributed by atoms with Gasteiger partial charge in [-0.25, -0.2) is 15.3 Å². The maximum absolute atomic E-state index is 6.80. The van der Waals surface area contributed by atoms with E-state index >= 15 is 0 Å². The Hall–Kier alpha value is -6.95. The topological polar surface area (TPSA) is 69.0 Å². The minimum Gasteiger partial charge on any atom is -0.455 e. The summed E-state index contributed by atoms with van der Waals surface area (Å²) < 4.78 is 6.80. The Kier molecular flexibility index (Phi) is 6.63. The van der Waals surface area contributed by atoms with Crippen molar-refractivity contribution in [3.05, 3.63) is 187 Å². The molecule has 0 saturated heterocycles. The van der Waals surface area contributed by atoms with E-state index in [0.29, 0.717) is 5.84 Å². The van der Waals surface area contributed by atoms with Gasteiger partial charge in [-0.2, -0.15) is 0 Å². The lowest BCUT2D eigenvalue weighted by molar-refractivity contribution is -0.789. The van der Waals surface area contributed by atoms with E-state index in [-0.39, 0.29) is 6.17 Å². The van der Waals surface area contributed by atoms with Gasteiger partial charge in [0.15, 0.2) is 5.69 Å². The van der Waals surface area contributed by atoms with Gasteiger partial charge in [-0.15, -0.1) is 0 Å². The van der Waals surface area contributed by atoms with Crippen molar-refractivity contribution in [2.75, 3.05) is 0 Å². The number of pyridine rings is 1. The zero-order valence-electron chi connectivity index (χ0n) is 28.6. The van der Waals surface area contributed by atoms with Crippen LogP contribution in [0.25, 0.3) is 77.2 Å². The van der Waals surface area contributed by atoms with Crippen LogP contribution in [0.3, 0.4) is 0 Å². The van der Waals surface area contributed by atoms with Gasteiger partial charge in [0.2, 0.25) is 0 Å². The van der Waals surface area contributed by atoms with Crippen LogP contribution in [-0.4, -0.2) is 16.7 Å². The lowest BCUT2D eigenvalue weighted by atomic mass is 9.94. The van der Waals surface area contributed by atoms with Crippen molar-refractivity contribution in [3.8, 4) is 44.5 Å². The number of nitrogens with zero attached hydrogens (tertiary/aromatic N) is 2. The molecular formula is C48H32N4O+2. The number of amidine groups is 2. The van der Waals surface area contributed by atoms with Crippen molar-refractivity contribution in [1.29, 1.82) is 0 Å². The molecule has 0 spiro atoms. The fraction of sp³-hybridized carbons (Fsp3) is 0.0208. The molecule has 5 nitrogen and oxygen atoms in total. The van der Waals surface area contributed by atoms with Gasteiger partial charge in [0.25, 0.3) is 6.17 Å². The fourth-order valence-electron chi connectivity index (χ4n) is 8.26. The van der Waals surface area contributed by atoms with Crippen molar-refractivity contribution >= 4 is 44.4 Å². The number of nitrogens with two attached hydrogens (primary N) is 1. The Labute approximate surface area is 305 Å². The summed E-state index contributed by atoms with van der Waals surface area (Å²) in [4.78, 5) is 14.3. The van der Waals surface area contributed by atoms with Crippen LogP contribution >= 0.6 is 0 Å². The standard InChI is InChI=1S/C48H30N4O/c1-3-12-29(13-4-1)30-22-24-32(25-23-30)47-50-46(31-14-5-2-6-15-31)51-48(52-47)44-43-39-18-9-10-21-41(39)53-45(43)40(28-49-44)35-26-27-38-34-17-8-7-16-33(34)36-19-11-20-37(35)42(36)38/h1-28,46H,(H,50,51,52)/p+2. The van der Waals surface area contributed by atoms with Crippen molar-refractivity contribution in [2.24, 2.45) is 4.99 Å². The molecule has 248 valence electrons. The highest BCUT2D eigenvalue weighted by atomic mass is 16.3. The molecule has 9 aromatic rings. The Morgan fingerprint density at radius 2 is 1.11 bits per heavy atom. The highest BCUT2D eigenvalue weighted by Crippen LogP contribution is 2.50. The van der Waals surface area contributed by atoms with E-state index in [1.54, 1.807) is 0 Å². The molecule has 7 aromatic carbocycles. The molecule has 2 aromatic heterocycles. The summed E-state index contributed by atoms with van der Waals surface area (Å²) in [6.45, 7) is 0. The Morgan fingerprint density at radius 3 is 1.92 bits per heavy atom. The monoisotopic (exact) mass is 680 g/mol. The number of benzene rings is 7. The van der Waals surface area contributed by atoms with Crippen LogP contribution in [0.15, 0.2) is 179 Å². The molecule has 0 fully saturated rings. The third-order valence-corrected chi connectivity index (χ3v) is 10.8. The van der Waals surface area contributed by atoms with E-state index in [2.05, 4.69) is 156 Å². The van der Waals surface area contributed by atoms with Crippen LogP contribution < -0.4 is 10.3 Å². The average Bonchev–Trinajstić information content (AvgIpc) is 3.79. The van der Waals surface area contributed by atoms with E-state index in [0.717, 1.165) is 55.7 Å². The summed E-state index contributed by atoms with van der Waals surface area (Å²) in [5.74, 6) is 1.61. The first-order valence-corrected chi connectivity index (χ1v) is 18.0. The Bertz CT molecular complexity index is 2930. The number of quaternary nitrogens is 1. The van der Waals surface area contributed by atoms with Crippen molar-refractivity contribution in [3.63, 3.8) is 0 Å². The third kappa shape index (κ3) is 4.72. The van der Waals surface area contributed by atoms with E-state index in [9.17, 15) is 0 Å². The number of hydrogen-bond acceptors (Lipinski definition) is 3. The zero-order valence-corrected chi connectivity index (χ0v) is 28.6.